The van der Waals surface area contributed by atoms with Crippen LogP contribution in [0.4, 0.5) is 0 Å². The molecule has 1 atom stereocenters. The van der Waals surface area contributed by atoms with Crippen molar-refractivity contribution in [3.05, 3.63) is 28.0 Å². The van der Waals surface area contributed by atoms with Gasteiger partial charge in [0.25, 0.3) is 0 Å². The van der Waals surface area contributed by atoms with E-state index < -0.39 is 12.0 Å². The smallest absolute Gasteiger partial charge is 0.323 e. The van der Waals surface area contributed by atoms with Gasteiger partial charge in [-0.3, -0.25) is 4.79 Å². The van der Waals surface area contributed by atoms with E-state index in [1.54, 1.807) is 12.1 Å². The summed E-state index contributed by atoms with van der Waals surface area (Å²) in [7, 11) is 0. The molecule has 0 saturated carbocycles. The van der Waals surface area contributed by atoms with E-state index in [2.05, 4.69) is 4.98 Å². The fourth-order valence-corrected chi connectivity index (χ4v) is 1.91. The van der Waals surface area contributed by atoms with Crippen LogP contribution in [0.15, 0.2) is 12.1 Å². The third kappa shape index (κ3) is 6.97. The molecule has 2 N–H and O–H groups in total. The van der Waals surface area contributed by atoms with Gasteiger partial charge in [-0.2, -0.15) is 0 Å². The first-order valence-corrected chi connectivity index (χ1v) is 6.52. The lowest BCUT2D eigenvalue weighted by Gasteiger charge is -2.11. The predicted octanol–water partition coefficient (Wildman–Crippen LogP) is 3.37. The molecule has 4 nitrogen and oxygen atoms in total. The molecule has 7 heteroatoms. The molecule has 19 heavy (non-hydrogen) atoms. The van der Waals surface area contributed by atoms with Gasteiger partial charge in [-0.15, -0.1) is 12.4 Å². The highest BCUT2D eigenvalue weighted by Gasteiger charge is 2.14. The van der Waals surface area contributed by atoms with Crippen LogP contribution in [0, 0.1) is 0 Å². The van der Waals surface area contributed by atoms with Crippen molar-refractivity contribution >= 4 is 41.6 Å². The number of carbonyl (C=O) groups is 1. The fourth-order valence-electron chi connectivity index (χ4n) is 1.40. The lowest BCUT2D eigenvalue weighted by Crippen LogP contribution is -2.32. The summed E-state index contributed by atoms with van der Waals surface area (Å²) >= 11 is 11.5. The van der Waals surface area contributed by atoms with Gasteiger partial charge in [-0.05, 0) is 24.1 Å². The minimum absolute atomic E-state index is 0. The van der Waals surface area contributed by atoms with Crippen molar-refractivity contribution in [2.24, 2.45) is 5.73 Å². The number of aromatic nitrogens is 1. The molecule has 0 aliphatic heterocycles. The van der Waals surface area contributed by atoms with Gasteiger partial charge in [-0.25, -0.2) is 4.98 Å². The zero-order valence-electron chi connectivity index (χ0n) is 10.6. The number of ether oxygens (including phenoxy) is 1. The number of esters is 1. The first kappa shape index (κ1) is 18.4. The Morgan fingerprint density at radius 1 is 1.42 bits per heavy atom. The first-order chi connectivity index (χ1) is 8.52. The summed E-state index contributed by atoms with van der Waals surface area (Å²) in [5.74, 6) is -0.410. The lowest BCUT2D eigenvalue weighted by molar-refractivity contribution is -0.146. The number of hydrogen-bond acceptors (Lipinski definition) is 4. The molecule has 0 amide bonds. The van der Waals surface area contributed by atoms with Crippen molar-refractivity contribution in [1.82, 2.24) is 4.98 Å². The highest BCUT2D eigenvalue weighted by atomic mass is 35.5. The van der Waals surface area contributed by atoms with Crippen LogP contribution in [0.1, 0.15) is 31.7 Å². The molecular weight excluding hydrogens is 311 g/mol. The van der Waals surface area contributed by atoms with Crippen LogP contribution in [0.25, 0.3) is 0 Å². The lowest BCUT2D eigenvalue weighted by atomic mass is 10.1. The minimum Gasteiger partial charge on any atom is -0.460 e. The number of carbonyl (C=O) groups excluding carboxylic acids is 1. The molecule has 0 aliphatic carbocycles. The van der Waals surface area contributed by atoms with Gasteiger partial charge >= 0.3 is 5.97 Å². The second-order valence-corrected chi connectivity index (χ2v) is 4.75. The average molecular weight is 328 g/mol. The van der Waals surface area contributed by atoms with Gasteiger partial charge < -0.3 is 10.5 Å². The van der Waals surface area contributed by atoms with Crippen LogP contribution < -0.4 is 5.73 Å². The summed E-state index contributed by atoms with van der Waals surface area (Å²) < 4.78 is 5.09. The maximum atomic E-state index is 11.6. The molecule has 0 fully saturated rings. The zero-order chi connectivity index (χ0) is 13.5. The third-order valence-corrected chi connectivity index (χ3v) is 2.76. The predicted molar refractivity (Wildman–Crippen MR) is 78.8 cm³/mol. The Balaban J connectivity index is 0.00000324. The average Bonchev–Trinajstić information content (AvgIpc) is 2.31. The molecule has 1 heterocycles. The highest BCUT2D eigenvalue weighted by molar-refractivity contribution is 6.32. The van der Waals surface area contributed by atoms with Gasteiger partial charge in [0.15, 0.2) is 0 Å². The van der Waals surface area contributed by atoms with E-state index in [4.69, 9.17) is 33.7 Å². The summed E-state index contributed by atoms with van der Waals surface area (Å²) in [5, 5.41) is 0.535. The SMILES string of the molecule is CCCC[C@H](N)C(=O)OCc1cc(Cl)nc(Cl)c1.Cl. The molecule has 0 bridgehead atoms. The molecular formula is C12H17Cl3N2O2. The van der Waals surface area contributed by atoms with Crippen molar-refractivity contribution in [3.8, 4) is 0 Å². The Morgan fingerprint density at radius 3 is 2.53 bits per heavy atom. The van der Waals surface area contributed by atoms with Crippen LogP contribution in [0.3, 0.4) is 0 Å². The maximum absolute atomic E-state index is 11.6. The largest absolute Gasteiger partial charge is 0.460 e. The van der Waals surface area contributed by atoms with Crippen molar-refractivity contribution in [3.63, 3.8) is 0 Å². The summed E-state index contributed by atoms with van der Waals surface area (Å²) in [5.41, 5.74) is 6.38. The molecule has 1 aromatic heterocycles. The highest BCUT2D eigenvalue weighted by Crippen LogP contribution is 2.15. The zero-order valence-corrected chi connectivity index (χ0v) is 12.9. The molecule has 1 aromatic rings. The Labute approximate surface area is 129 Å². The van der Waals surface area contributed by atoms with Gasteiger partial charge in [0.1, 0.15) is 23.0 Å². The van der Waals surface area contributed by atoms with E-state index in [1.165, 1.54) is 0 Å². The van der Waals surface area contributed by atoms with Crippen molar-refractivity contribution < 1.29 is 9.53 Å². The summed E-state index contributed by atoms with van der Waals surface area (Å²) in [6.45, 7) is 2.14. The quantitative estimate of drug-likeness (QED) is 0.642. The Hall–Kier alpha value is -0.550. The molecule has 0 spiro atoms. The van der Waals surface area contributed by atoms with E-state index in [1.807, 2.05) is 6.92 Å². The molecule has 0 aromatic carbocycles. The number of hydrogen-bond donors (Lipinski definition) is 1. The molecule has 0 radical (unpaired) electrons. The summed E-state index contributed by atoms with van der Waals surface area (Å²) in [6, 6.07) is 2.62. The van der Waals surface area contributed by atoms with Crippen molar-refractivity contribution in [1.29, 1.82) is 0 Å². The Kier molecular flexibility index (Phi) is 9.10. The van der Waals surface area contributed by atoms with E-state index in [-0.39, 0.29) is 29.3 Å². The van der Waals surface area contributed by atoms with Crippen LogP contribution >= 0.6 is 35.6 Å². The van der Waals surface area contributed by atoms with Gasteiger partial charge in [0, 0.05) is 0 Å². The number of rotatable bonds is 6. The standard InChI is InChI=1S/C12H16Cl2N2O2.ClH/c1-2-3-4-9(15)12(17)18-7-8-5-10(13)16-11(14)6-8;/h5-6,9H,2-4,7,15H2,1H3;1H/t9-;/m0./s1. The van der Waals surface area contributed by atoms with E-state index in [0.717, 1.165) is 12.8 Å². The van der Waals surface area contributed by atoms with Crippen LogP contribution in [-0.4, -0.2) is 17.0 Å². The normalized spacial score (nSPS) is 11.6. The third-order valence-electron chi connectivity index (χ3n) is 2.38. The molecule has 1 rings (SSSR count). The summed E-state index contributed by atoms with van der Waals surface area (Å²) in [4.78, 5) is 15.4. The van der Waals surface area contributed by atoms with Crippen LogP contribution in [-0.2, 0) is 16.1 Å². The van der Waals surface area contributed by atoms with Gasteiger partial charge in [0.05, 0.1) is 0 Å². The van der Waals surface area contributed by atoms with E-state index in [0.29, 0.717) is 12.0 Å². The molecule has 108 valence electrons. The summed E-state index contributed by atoms with van der Waals surface area (Å²) in [6.07, 6.45) is 2.53. The van der Waals surface area contributed by atoms with Crippen LogP contribution in [0.5, 0.6) is 0 Å². The minimum atomic E-state index is -0.572. The number of pyridine rings is 1. The monoisotopic (exact) mass is 326 g/mol. The van der Waals surface area contributed by atoms with E-state index in [9.17, 15) is 4.79 Å². The van der Waals surface area contributed by atoms with Gasteiger partial charge in [0.2, 0.25) is 0 Å². The number of unbranched alkanes of at least 4 members (excludes halogenated alkanes) is 1. The van der Waals surface area contributed by atoms with Crippen molar-refractivity contribution in [2.75, 3.05) is 0 Å². The molecule has 0 unspecified atom stereocenters. The van der Waals surface area contributed by atoms with Gasteiger partial charge in [-0.1, -0.05) is 43.0 Å². The second kappa shape index (κ2) is 9.37. The number of nitrogens with zero attached hydrogens (tertiary/aromatic N) is 1. The molecule has 0 aliphatic rings. The molecule has 0 saturated heterocycles. The number of halogens is 3. The second-order valence-electron chi connectivity index (χ2n) is 3.98. The van der Waals surface area contributed by atoms with Crippen molar-refractivity contribution in [2.45, 2.75) is 38.8 Å². The first-order valence-electron chi connectivity index (χ1n) is 5.77. The number of nitrogens with two attached hydrogens (primary N) is 1. The van der Waals surface area contributed by atoms with E-state index >= 15 is 0 Å². The maximum Gasteiger partial charge on any atom is 0.323 e. The Bertz CT molecular complexity index is 396. The fraction of sp³-hybridized carbons (Fsp3) is 0.500. The Morgan fingerprint density at radius 2 is 2.00 bits per heavy atom. The topological polar surface area (TPSA) is 65.2 Å². The van der Waals surface area contributed by atoms with Crippen LogP contribution in [0.2, 0.25) is 10.3 Å².